The second-order valence-corrected chi connectivity index (χ2v) is 8.99. The van der Waals surface area contributed by atoms with E-state index in [4.69, 9.17) is 23.2 Å². The molecule has 3 aromatic rings. The highest BCUT2D eigenvalue weighted by molar-refractivity contribution is 7.99. The molecule has 2 heterocycles. The van der Waals surface area contributed by atoms with E-state index in [1.807, 2.05) is 4.57 Å². The fourth-order valence-electron chi connectivity index (χ4n) is 2.91. The van der Waals surface area contributed by atoms with Crippen LogP contribution in [0.25, 0.3) is 11.4 Å². The highest BCUT2D eigenvalue weighted by atomic mass is 35.5. The first-order chi connectivity index (χ1) is 14.0. The largest absolute Gasteiger partial charge is 0.324 e. The predicted octanol–water partition coefficient (Wildman–Crippen LogP) is 6.10. The highest BCUT2D eigenvalue weighted by Gasteiger charge is 2.19. The fraction of sp³-hybridized carbons (Fsp3) is 0.250. The minimum absolute atomic E-state index is 0.168. The van der Waals surface area contributed by atoms with Crippen molar-refractivity contribution in [1.29, 1.82) is 0 Å². The number of hydrogen-bond donors (Lipinski definition) is 1. The molecule has 0 saturated carbocycles. The lowest BCUT2D eigenvalue weighted by Gasteiger charge is -2.10. The highest BCUT2D eigenvalue weighted by Crippen LogP contribution is 2.33. The zero-order valence-electron chi connectivity index (χ0n) is 16.0. The number of aryl methyl sites for hydroxylation is 1. The number of allylic oxidation sites excluding steroid dienone is 1. The number of rotatable bonds is 8. The molecule has 1 amide bonds. The standard InChI is InChI=1S/C20H20Cl2N4OS2/c1-4-9-26-19(14-10-28-12(3)13(14)5-2)24-25-20(26)29-11-17(27)23-16-8-6-7-15(21)18(16)22/h4,6-8,10H,1,5,9,11H2,2-3H3,(H,23,27). The molecule has 9 heteroatoms. The lowest BCUT2D eigenvalue weighted by molar-refractivity contribution is -0.113. The lowest BCUT2D eigenvalue weighted by atomic mass is 10.1. The molecule has 152 valence electrons. The summed E-state index contributed by atoms with van der Waals surface area (Å²) in [4.78, 5) is 13.7. The number of halogens is 2. The van der Waals surface area contributed by atoms with E-state index < -0.39 is 0 Å². The number of anilines is 1. The number of aromatic nitrogens is 3. The van der Waals surface area contributed by atoms with Gasteiger partial charge in [-0.25, -0.2) is 0 Å². The average molecular weight is 467 g/mol. The Labute approximate surface area is 188 Å². The smallest absolute Gasteiger partial charge is 0.234 e. The molecule has 1 aromatic carbocycles. The maximum absolute atomic E-state index is 12.4. The van der Waals surface area contributed by atoms with Crippen molar-refractivity contribution in [3.63, 3.8) is 0 Å². The maximum atomic E-state index is 12.4. The summed E-state index contributed by atoms with van der Waals surface area (Å²) in [6.45, 7) is 8.64. The SMILES string of the molecule is C=CCn1c(SCC(=O)Nc2cccc(Cl)c2Cl)nnc1-c1csc(C)c1CC. The van der Waals surface area contributed by atoms with Crippen LogP contribution < -0.4 is 5.32 Å². The van der Waals surface area contributed by atoms with Crippen molar-refractivity contribution < 1.29 is 4.79 Å². The van der Waals surface area contributed by atoms with E-state index in [-0.39, 0.29) is 11.7 Å². The van der Waals surface area contributed by atoms with E-state index in [2.05, 4.69) is 41.3 Å². The zero-order valence-corrected chi connectivity index (χ0v) is 19.2. The van der Waals surface area contributed by atoms with Gasteiger partial charge in [-0.1, -0.05) is 54.0 Å². The van der Waals surface area contributed by atoms with Crippen LogP contribution in [0.15, 0.2) is 41.4 Å². The van der Waals surface area contributed by atoms with Crippen molar-refractivity contribution >= 4 is 57.9 Å². The molecule has 0 bridgehead atoms. The second-order valence-electron chi connectivity index (χ2n) is 6.18. The third-order valence-corrected chi connectivity index (χ3v) is 7.02. The van der Waals surface area contributed by atoms with Gasteiger partial charge in [-0.05, 0) is 31.0 Å². The summed E-state index contributed by atoms with van der Waals surface area (Å²) < 4.78 is 1.98. The Morgan fingerprint density at radius 1 is 1.38 bits per heavy atom. The first kappa shape index (κ1) is 21.9. The summed E-state index contributed by atoms with van der Waals surface area (Å²) in [5.41, 5.74) is 2.85. The van der Waals surface area contributed by atoms with Gasteiger partial charge < -0.3 is 5.32 Å². The fourth-order valence-corrected chi connectivity index (χ4v) is 4.95. The molecule has 0 unspecified atom stereocenters. The van der Waals surface area contributed by atoms with Crippen LogP contribution in [0.2, 0.25) is 10.0 Å². The van der Waals surface area contributed by atoms with Gasteiger partial charge in [-0.15, -0.1) is 28.1 Å². The minimum Gasteiger partial charge on any atom is -0.324 e. The molecule has 0 radical (unpaired) electrons. The van der Waals surface area contributed by atoms with Gasteiger partial charge in [-0.2, -0.15) is 0 Å². The lowest BCUT2D eigenvalue weighted by Crippen LogP contribution is -2.15. The predicted molar refractivity (Wildman–Crippen MR) is 123 cm³/mol. The maximum Gasteiger partial charge on any atom is 0.234 e. The number of amides is 1. The molecule has 29 heavy (non-hydrogen) atoms. The molecule has 0 atom stereocenters. The van der Waals surface area contributed by atoms with Crippen molar-refractivity contribution in [2.75, 3.05) is 11.1 Å². The summed E-state index contributed by atoms with van der Waals surface area (Å²) in [5, 5.41) is 15.0. The van der Waals surface area contributed by atoms with E-state index in [9.17, 15) is 4.79 Å². The average Bonchev–Trinajstić information content (AvgIpc) is 3.26. The molecule has 0 saturated heterocycles. The molecular formula is C20H20Cl2N4OS2. The number of thioether (sulfide) groups is 1. The summed E-state index contributed by atoms with van der Waals surface area (Å²) in [5.74, 6) is 0.767. The van der Waals surface area contributed by atoms with E-state index in [1.165, 1.54) is 22.2 Å². The molecule has 0 aliphatic carbocycles. The number of carbonyl (C=O) groups is 1. The Bertz CT molecular complexity index is 1050. The van der Waals surface area contributed by atoms with E-state index >= 15 is 0 Å². The van der Waals surface area contributed by atoms with Crippen LogP contribution in [0.1, 0.15) is 17.4 Å². The molecule has 0 aliphatic heterocycles. The van der Waals surface area contributed by atoms with Crippen molar-refractivity contribution in [2.24, 2.45) is 0 Å². The third-order valence-electron chi connectivity index (χ3n) is 4.28. The van der Waals surface area contributed by atoms with E-state index in [0.717, 1.165) is 17.8 Å². The number of thiophene rings is 1. The molecule has 0 spiro atoms. The van der Waals surface area contributed by atoms with Crippen LogP contribution in [0.4, 0.5) is 5.69 Å². The van der Waals surface area contributed by atoms with Crippen LogP contribution in [-0.2, 0) is 17.8 Å². The number of benzene rings is 1. The molecule has 3 rings (SSSR count). The van der Waals surface area contributed by atoms with Crippen LogP contribution in [-0.4, -0.2) is 26.4 Å². The second kappa shape index (κ2) is 9.80. The third kappa shape index (κ3) is 4.86. The van der Waals surface area contributed by atoms with Crippen LogP contribution >= 0.6 is 46.3 Å². The van der Waals surface area contributed by atoms with Crippen molar-refractivity contribution in [3.8, 4) is 11.4 Å². The molecule has 0 aliphatic rings. The van der Waals surface area contributed by atoms with E-state index in [0.29, 0.717) is 27.4 Å². The molecule has 1 N–H and O–H groups in total. The van der Waals surface area contributed by atoms with Gasteiger partial charge in [0.25, 0.3) is 0 Å². The Hall–Kier alpha value is -1.80. The monoisotopic (exact) mass is 466 g/mol. The quantitative estimate of drug-likeness (QED) is 0.321. The van der Waals surface area contributed by atoms with Gasteiger partial charge in [-0.3, -0.25) is 9.36 Å². The summed E-state index contributed by atoms with van der Waals surface area (Å²) in [6, 6.07) is 5.11. The number of carbonyl (C=O) groups excluding carboxylic acids is 1. The van der Waals surface area contributed by atoms with Crippen molar-refractivity contribution in [1.82, 2.24) is 14.8 Å². The van der Waals surface area contributed by atoms with Gasteiger partial charge in [0.2, 0.25) is 5.91 Å². The van der Waals surface area contributed by atoms with Crippen molar-refractivity contribution in [3.05, 3.63) is 56.7 Å². The van der Waals surface area contributed by atoms with Gasteiger partial charge in [0.15, 0.2) is 11.0 Å². The first-order valence-corrected chi connectivity index (χ1v) is 11.6. The van der Waals surface area contributed by atoms with Crippen molar-refractivity contribution in [2.45, 2.75) is 32.0 Å². The molecule has 2 aromatic heterocycles. The molecular weight excluding hydrogens is 447 g/mol. The van der Waals surface area contributed by atoms with E-state index in [1.54, 1.807) is 35.6 Å². The minimum atomic E-state index is -0.200. The Morgan fingerprint density at radius 3 is 2.90 bits per heavy atom. The van der Waals surface area contributed by atoms with Gasteiger partial charge in [0, 0.05) is 22.4 Å². The van der Waals surface area contributed by atoms with Crippen LogP contribution in [0.5, 0.6) is 0 Å². The number of hydrogen-bond acceptors (Lipinski definition) is 5. The normalized spacial score (nSPS) is 10.9. The van der Waals surface area contributed by atoms with Gasteiger partial charge >= 0.3 is 0 Å². The van der Waals surface area contributed by atoms with Gasteiger partial charge in [0.05, 0.1) is 21.5 Å². The molecule has 5 nitrogen and oxygen atoms in total. The first-order valence-electron chi connectivity index (χ1n) is 8.94. The Kier molecular flexibility index (Phi) is 7.40. The van der Waals surface area contributed by atoms with Gasteiger partial charge in [0.1, 0.15) is 0 Å². The summed E-state index contributed by atoms with van der Waals surface area (Å²) >= 11 is 15.2. The zero-order chi connectivity index (χ0) is 21.0. The number of nitrogens with one attached hydrogen (secondary N) is 1. The summed E-state index contributed by atoms with van der Waals surface area (Å²) in [6.07, 6.45) is 2.73. The molecule has 0 fully saturated rings. The Morgan fingerprint density at radius 2 is 2.17 bits per heavy atom. The van der Waals surface area contributed by atoms with Crippen LogP contribution in [0, 0.1) is 6.92 Å². The summed E-state index contributed by atoms with van der Waals surface area (Å²) in [7, 11) is 0. The topological polar surface area (TPSA) is 59.8 Å². The Balaban J connectivity index is 1.77. The van der Waals surface area contributed by atoms with Crippen LogP contribution in [0.3, 0.4) is 0 Å². The number of nitrogens with zero attached hydrogens (tertiary/aromatic N) is 3.